The molecule has 13 heteroatoms. The molecule has 3 aromatic rings. The van der Waals surface area contributed by atoms with Gasteiger partial charge in [-0.2, -0.15) is 15.5 Å². The number of azo groups is 2. The summed E-state index contributed by atoms with van der Waals surface area (Å²) in [7, 11) is 0. The van der Waals surface area contributed by atoms with Crippen molar-refractivity contribution in [1.82, 2.24) is 20.2 Å². The van der Waals surface area contributed by atoms with Gasteiger partial charge < -0.3 is 15.0 Å². The maximum atomic E-state index is 10.5. The molecule has 1 aliphatic rings. The van der Waals surface area contributed by atoms with Crippen LogP contribution in [-0.2, 0) is 0 Å². The number of nitriles is 2. The highest BCUT2D eigenvalue weighted by Gasteiger charge is 2.18. The van der Waals surface area contributed by atoms with E-state index >= 15 is 0 Å². The first-order valence-corrected chi connectivity index (χ1v) is 10.2. The van der Waals surface area contributed by atoms with E-state index in [4.69, 9.17) is 10.5 Å². The largest absolute Gasteiger partial charge is 0.506 e. The number of aromatic hydroxyl groups is 1. The quantitative estimate of drug-likeness (QED) is 0.555. The number of aromatic amines is 1. The molecule has 0 atom stereocenters. The molecule has 0 amide bonds. The van der Waals surface area contributed by atoms with Crippen molar-refractivity contribution in [1.29, 1.82) is 10.5 Å². The second-order valence-electron chi connectivity index (χ2n) is 6.51. The molecule has 0 saturated carbocycles. The first kappa shape index (κ1) is 20.1. The zero-order valence-corrected chi connectivity index (χ0v) is 16.9. The summed E-state index contributed by atoms with van der Waals surface area (Å²) >= 11 is 1.25. The minimum atomic E-state index is -0.150. The van der Waals surface area contributed by atoms with Crippen LogP contribution in [0.5, 0.6) is 5.75 Å². The first-order valence-electron chi connectivity index (χ1n) is 9.29. The van der Waals surface area contributed by atoms with E-state index in [-0.39, 0.29) is 28.8 Å². The van der Waals surface area contributed by atoms with E-state index < -0.39 is 0 Å². The van der Waals surface area contributed by atoms with Gasteiger partial charge >= 0.3 is 0 Å². The maximum Gasteiger partial charge on any atom is 0.251 e. The normalized spacial score (nSPS) is 14.2. The molecule has 3 heterocycles. The van der Waals surface area contributed by atoms with Gasteiger partial charge in [0, 0.05) is 19.2 Å². The van der Waals surface area contributed by atoms with Crippen molar-refractivity contribution in [2.24, 2.45) is 20.5 Å². The lowest BCUT2D eigenvalue weighted by atomic mass is 10.1. The number of imidazole rings is 1. The summed E-state index contributed by atoms with van der Waals surface area (Å²) in [6.07, 6.45) is 3.25. The predicted molar refractivity (Wildman–Crippen MR) is 110 cm³/mol. The third-order valence-electron chi connectivity index (χ3n) is 4.52. The summed E-state index contributed by atoms with van der Waals surface area (Å²) in [4.78, 5) is 8.66. The molecule has 2 aromatic heterocycles. The molecule has 1 aromatic carbocycles. The highest BCUT2D eigenvalue weighted by atomic mass is 32.1. The number of hydrogen-bond donors (Lipinski definition) is 2. The van der Waals surface area contributed by atoms with Gasteiger partial charge in [-0.05, 0) is 25.3 Å². The number of phenols is 1. The zero-order chi connectivity index (χ0) is 21.6. The number of rotatable bonds is 5. The molecule has 4 rings (SSSR count). The summed E-state index contributed by atoms with van der Waals surface area (Å²) in [5, 5.41) is 52.8. The fourth-order valence-corrected chi connectivity index (χ4v) is 3.45. The third-order valence-corrected chi connectivity index (χ3v) is 5.10. The second-order valence-corrected chi connectivity index (χ2v) is 7.32. The molecule has 0 bridgehead atoms. The number of benzene rings is 1. The van der Waals surface area contributed by atoms with E-state index in [1.54, 1.807) is 11.6 Å². The smallest absolute Gasteiger partial charge is 0.251 e. The van der Waals surface area contributed by atoms with Crippen LogP contribution >= 0.6 is 11.3 Å². The molecule has 0 unspecified atom stereocenters. The number of nitrogens with zero attached hydrogens (tertiary/aromatic N) is 10. The molecule has 154 valence electrons. The molecule has 1 saturated heterocycles. The van der Waals surface area contributed by atoms with Crippen LogP contribution in [0, 0.1) is 22.7 Å². The highest BCUT2D eigenvalue weighted by Crippen LogP contribution is 2.41. The number of nitrogens with one attached hydrogen (secondary N) is 1. The van der Waals surface area contributed by atoms with E-state index in [1.807, 2.05) is 12.1 Å². The molecule has 1 fully saturated rings. The van der Waals surface area contributed by atoms with Crippen molar-refractivity contribution in [2.75, 3.05) is 18.0 Å². The van der Waals surface area contributed by atoms with Crippen molar-refractivity contribution >= 4 is 39.5 Å². The fraction of sp³-hybridized carbons (Fsp3) is 0.278. The Kier molecular flexibility index (Phi) is 5.86. The summed E-state index contributed by atoms with van der Waals surface area (Å²) in [5.41, 5.74) is 2.93. The van der Waals surface area contributed by atoms with Gasteiger partial charge in [0.15, 0.2) is 11.4 Å². The Morgan fingerprint density at radius 3 is 2.52 bits per heavy atom. The third kappa shape index (κ3) is 4.52. The van der Waals surface area contributed by atoms with Crippen LogP contribution in [0.1, 0.15) is 30.7 Å². The van der Waals surface area contributed by atoms with Gasteiger partial charge in [0.05, 0.1) is 5.69 Å². The Labute approximate surface area is 180 Å². The lowest BCUT2D eigenvalue weighted by Crippen LogP contribution is -2.29. The molecular weight excluding hydrogens is 418 g/mol. The van der Waals surface area contributed by atoms with E-state index in [9.17, 15) is 5.11 Å². The summed E-state index contributed by atoms with van der Waals surface area (Å²) in [6, 6.07) is 6.78. The number of piperidine rings is 1. The Balaban J connectivity index is 1.69. The maximum absolute atomic E-state index is 10.5. The Bertz CT molecular complexity index is 1180. The predicted octanol–water partition coefficient (Wildman–Crippen LogP) is 4.53. The van der Waals surface area contributed by atoms with Crippen LogP contribution < -0.4 is 4.90 Å². The summed E-state index contributed by atoms with van der Waals surface area (Å²) < 4.78 is 0. The summed E-state index contributed by atoms with van der Waals surface area (Å²) in [6.45, 7) is 1.69. The Morgan fingerprint density at radius 1 is 1.03 bits per heavy atom. The van der Waals surface area contributed by atoms with Crippen molar-refractivity contribution in [2.45, 2.75) is 19.3 Å². The van der Waals surface area contributed by atoms with Crippen molar-refractivity contribution in [3.63, 3.8) is 0 Å². The van der Waals surface area contributed by atoms with E-state index in [2.05, 4.69) is 45.5 Å². The highest BCUT2D eigenvalue weighted by molar-refractivity contribution is 7.13. The van der Waals surface area contributed by atoms with Crippen molar-refractivity contribution in [3.05, 3.63) is 29.0 Å². The first-order chi connectivity index (χ1) is 15.2. The minimum absolute atomic E-state index is 0.00196. The average molecular weight is 433 g/mol. The Morgan fingerprint density at radius 2 is 1.84 bits per heavy atom. The van der Waals surface area contributed by atoms with Crippen LogP contribution in [0.15, 0.2) is 38.1 Å². The van der Waals surface area contributed by atoms with E-state index in [0.29, 0.717) is 10.8 Å². The van der Waals surface area contributed by atoms with Gasteiger partial charge in [0.1, 0.15) is 34.8 Å². The topological polar surface area (TPSA) is 175 Å². The van der Waals surface area contributed by atoms with E-state index in [1.165, 1.54) is 17.4 Å². The fourth-order valence-electron chi connectivity index (χ4n) is 3.08. The molecule has 0 spiro atoms. The van der Waals surface area contributed by atoms with Gasteiger partial charge in [-0.1, -0.05) is 11.3 Å². The number of phenolic OH excluding ortho intramolecular Hbond substituents is 1. The van der Waals surface area contributed by atoms with Crippen molar-refractivity contribution in [3.8, 4) is 17.9 Å². The van der Waals surface area contributed by atoms with Gasteiger partial charge in [0.25, 0.3) is 5.13 Å². The van der Waals surface area contributed by atoms with Crippen LogP contribution in [0.2, 0.25) is 0 Å². The Hall–Kier alpha value is -4.23. The molecule has 0 aliphatic carbocycles. The molecule has 1 aliphatic heterocycles. The van der Waals surface area contributed by atoms with Crippen LogP contribution in [0.25, 0.3) is 0 Å². The molecular formula is C18H15N11OS. The lowest BCUT2D eigenvalue weighted by molar-refractivity contribution is 0.476. The van der Waals surface area contributed by atoms with Gasteiger partial charge in [-0.3, -0.25) is 0 Å². The van der Waals surface area contributed by atoms with Crippen LogP contribution in [-0.4, -0.2) is 38.4 Å². The SMILES string of the molecule is N#Cc1nc(N=Nc2cc(N3CCCCC3)c(N=Nc3nncs3)cc2O)[nH]c1C#N. The molecule has 0 radical (unpaired) electrons. The minimum Gasteiger partial charge on any atom is -0.506 e. The average Bonchev–Trinajstić information content (AvgIpc) is 3.47. The van der Waals surface area contributed by atoms with Gasteiger partial charge in [-0.15, -0.1) is 30.7 Å². The lowest BCUT2D eigenvalue weighted by Gasteiger charge is -2.29. The number of anilines is 1. The van der Waals surface area contributed by atoms with E-state index in [0.717, 1.165) is 38.0 Å². The molecule has 31 heavy (non-hydrogen) atoms. The van der Waals surface area contributed by atoms with Crippen molar-refractivity contribution < 1.29 is 5.11 Å². The van der Waals surface area contributed by atoms with Crippen LogP contribution in [0.4, 0.5) is 28.1 Å². The van der Waals surface area contributed by atoms with Gasteiger partial charge in [0.2, 0.25) is 5.95 Å². The number of hydrogen-bond acceptors (Lipinski definition) is 12. The van der Waals surface area contributed by atoms with Gasteiger partial charge in [-0.25, -0.2) is 0 Å². The van der Waals surface area contributed by atoms with Crippen LogP contribution in [0.3, 0.4) is 0 Å². The summed E-state index contributed by atoms with van der Waals surface area (Å²) in [5.74, 6) is -0.157. The zero-order valence-electron chi connectivity index (χ0n) is 16.1. The standard InChI is InChI=1S/C18H15N11OS/c19-8-13-14(9-20)23-17(22-13)26-25-12-6-15(29-4-2-1-3-5-29)11(7-16(12)30)24-28-18-27-21-10-31-18/h6-7,10,30H,1-5H2,(H,22,23). The number of H-pyrrole nitrogens is 1. The number of aromatic nitrogens is 4. The monoisotopic (exact) mass is 433 g/mol. The molecule has 12 nitrogen and oxygen atoms in total. The molecule has 2 N–H and O–H groups in total. The second kappa shape index (κ2) is 9.06.